The zero-order valence-electron chi connectivity index (χ0n) is 11.3. The third kappa shape index (κ3) is 3.75. The van der Waals surface area contributed by atoms with Crippen molar-refractivity contribution >= 4 is 10.0 Å². The Labute approximate surface area is 114 Å². The summed E-state index contributed by atoms with van der Waals surface area (Å²) < 4.78 is 28.7. The minimum Gasteiger partial charge on any atom is -0.318 e. The van der Waals surface area contributed by atoms with Crippen LogP contribution in [0.25, 0.3) is 0 Å². The van der Waals surface area contributed by atoms with Crippen molar-refractivity contribution in [2.75, 3.05) is 33.7 Å². The molecule has 0 saturated carbocycles. The van der Waals surface area contributed by atoms with Crippen LogP contribution in [0.1, 0.15) is 6.42 Å². The summed E-state index contributed by atoms with van der Waals surface area (Å²) in [4.78, 5) is 2.35. The van der Waals surface area contributed by atoms with Crippen molar-refractivity contribution in [3.63, 3.8) is 0 Å². The summed E-state index contributed by atoms with van der Waals surface area (Å²) in [5.41, 5.74) is 0. The Morgan fingerprint density at radius 1 is 1.53 bits per heavy atom. The van der Waals surface area contributed by atoms with E-state index < -0.39 is 10.0 Å². The summed E-state index contributed by atoms with van der Waals surface area (Å²) >= 11 is 0. The molecule has 0 radical (unpaired) electrons. The Morgan fingerprint density at radius 2 is 2.32 bits per heavy atom. The number of nitrogens with one attached hydrogen (secondary N) is 2. The molecule has 1 saturated heterocycles. The smallest absolute Gasteiger partial charge is 0.243 e. The summed E-state index contributed by atoms with van der Waals surface area (Å²) in [7, 11) is 0.385. The standard InChI is InChI=1S/C11H21N5O2S/c1-12-4-6-16-9-11(7-13-16)19(17,18)14-10-3-5-15(2)8-10/h7,9-10,12,14H,3-6,8H2,1-2H3. The second kappa shape index (κ2) is 6.00. The van der Waals surface area contributed by atoms with Gasteiger partial charge in [-0.05, 0) is 27.1 Å². The molecule has 1 unspecified atom stereocenters. The number of nitrogens with zero attached hydrogens (tertiary/aromatic N) is 3. The average Bonchev–Trinajstić information content (AvgIpc) is 2.95. The molecule has 1 atom stereocenters. The van der Waals surface area contributed by atoms with Crippen LogP contribution in [0.3, 0.4) is 0 Å². The van der Waals surface area contributed by atoms with Crippen LogP contribution >= 0.6 is 0 Å². The van der Waals surface area contributed by atoms with Crippen molar-refractivity contribution in [3.05, 3.63) is 12.4 Å². The highest BCUT2D eigenvalue weighted by Gasteiger charge is 2.26. The number of hydrogen-bond donors (Lipinski definition) is 2. The molecule has 2 N–H and O–H groups in total. The molecular weight excluding hydrogens is 266 g/mol. The summed E-state index contributed by atoms with van der Waals surface area (Å²) in [5.74, 6) is 0. The van der Waals surface area contributed by atoms with Crippen LogP contribution in [0.2, 0.25) is 0 Å². The molecule has 0 aliphatic carbocycles. The van der Waals surface area contributed by atoms with E-state index in [-0.39, 0.29) is 10.9 Å². The van der Waals surface area contributed by atoms with Gasteiger partial charge in [-0.1, -0.05) is 0 Å². The average molecular weight is 287 g/mol. The van der Waals surface area contributed by atoms with Gasteiger partial charge in [0.05, 0.1) is 12.7 Å². The largest absolute Gasteiger partial charge is 0.318 e. The van der Waals surface area contributed by atoms with E-state index in [9.17, 15) is 8.42 Å². The maximum Gasteiger partial charge on any atom is 0.243 e. The van der Waals surface area contributed by atoms with Gasteiger partial charge in [-0.25, -0.2) is 13.1 Å². The van der Waals surface area contributed by atoms with Crippen molar-refractivity contribution in [1.29, 1.82) is 0 Å². The fraction of sp³-hybridized carbons (Fsp3) is 0.727. The zero-order valence-corrected chi connectivity index (χ0v) is 12.2. The van der Waals surface area contributed by atoms with E-state index in [1.54, 1.807) is 10.9 Å². The first-order valence-corrected chi connectivity index (χ1v) is 7.87. The molecule has 7 nitrogen and oxygen atoms in total. The highest BCUT2D eigenvalue weighted by molar-refractivity contribution is 7.89. The number of sulfonamides is 1. The Bertz CT molecular complexity index is 513. The first kappa shape index (κ1) is 14.4. The number of rotatable bonds is 6. The van der Waals surface area contributed by atoms with E-state index >= 15 is 0 Å². The normalized spacial score (nSPS) is 21.1. The first-order valence-electron chi connectivity index (χ1n) is 6.39. The second-order valence-corrected chi connectivity index (χ2v) is 6.63. The van der Waals surface area contributed by atoms with Gasteiger partial charge < -0.3 is 10.2 Å². The maximum atomic E-state index is 12.2. The minimum atomic E-state index is -3.45. The van der Waals surface area contributed by atoms with Crippen LogP contribution in [-0.2, 0) is 16.6 Å². The van der Waals surface area contributed by atoms with Crippen LogP contribution < -0.4 is 10.0 Å². The van der Waals surface area contributed by atoms with Gasteiger partial charge in [-0.2, -0.15) is 5.10 Å². The molecule has 1 aliphatic rings. The van der Waals surface area contributed by atoms with Crippen molar-refractivity contribution in [2.24, 2.45) is 0 Å². The van der Waals surface area contributed by atoms with Gasteiger partial charge >= 0.3 is 0 Å². The lowest BCUT2D eigenvalue weighted by Gasteiger charge is -2.12. The molecule has 0 bridgehead atoms. The first-order chi connectivity index (χ1) is 9.01. The SMILES string of the molecule is CNCCn1cc(S(=O)(=O)NC2CCN(C)C2)cn1. The van der Waals surface area contributed by atoms with Gasteiger partial charge in [0.2, 0.25) is 10.0 Å². The quantitative estimate of drug-likeness (QED) is 0.708. The second-order valence-electron chi connectivity index (χ2n) is 4.91. The van der Waals surface area contributed by atoms with Gasteiger partial charge in [0.1, 0.15) is 4.90 Å². The molecule has 0 amide bonds. The molecular formula is C11H21N5O2S. The van der Waals surface area contributed by atoms with Gasteiger partial charge in [-0.3, -0.25) is 4.68 Å². The summed E-state index contributed by atoms with van der Waals surface area (Å²) in [5, 5.41) is 7.05. The Morgan fingerprint density at radius 3 is 2.95 bits per heavy atom. The van der Waals surface area contributed by atoms with Gasteiger partial charge in [0.15, 0.2) is 0 Å². The highest BCUT2D eigenvalue weighted by atomic mass is 32.2. The molecule has 19 heavy (non-hydrogen) atoms. The van der Waals surface area contributed by atoms with Gasteiger partial charge in [0, 0.05) is 25.3 Å². The van der Waals surface area contributed by atoms with Gasteiger partial charge in [-0.15, -0.1) is 0 Å². The summed E-state index contributed by atoms with van der Waals surface area (Å²) in [6, 6.07) is -0.00402. The minimum absolute atomic E-state index is 0.00402. The molecule has 108 valence electrons. The van der Waals surface area contributed by atoms with E-state index in [2.05, 4.69) is 20.0 Å². The third-order valence-corrected chi connectivity index (χ3v) is 4.70. The monoisotopic (exact) mass is 287 g/mol. The predicted molar refractivity (Wildman–Crippen MR) is 72.4 cm³/mol. The van der Waals surface area contributed by atoms with E-state index in [4.69, 9.17) is 0 Å². The number of aromatic nitrogens is 2. The van der Waals surface area contributed by atoms with Crippen LogP contribution in [0.15, 0.2) is 17.3 Å². The zero-order chi connectivity index (χ0) is 13.9. The van der Waals surface area contributed by atoms with Crippen LogP contribution in [0, 0.1) is 0 Å². The van der Waals surface area contributed by atoms with Crippen LogP contribution in [-0.4, -0.2) is 62.9 Å². The molecule has 1 aromatic rings. The molecule has 1 aliphatic heterocycles. The predicted octanol–water partition coefficient (Wildman–Crippen LogP) is -0.915. The number of hydrogen-bond acceptors (Lipinski definition) is 5. The van der Waals surface area contributed by atoms with E-state index in [0.717, 1.165) is 26.1 Å². The Kier molecular flexibility index (Phi) is 4.56. The third-order valence-electron chi connectivity index (χ3n) is 3.22. The van der Waals surface area contributed by atoms with Crippen molar-refractivity contribution < 1.29 is 8.42 Å². The van der Waals surface area contributed by atoms with Crippen molar-refractivity contribution in [3.8, 4) is 0 Å². The topological polar surface area (TPSA) is 79.3 Å². The fourth-order valence-electron chi connectivity index (χ4n) is 2.15. The molecule has 1 fully saturated rings. The van der Waals surface area contributed by atoms with E-state index in [0.29, 0.717) is 6.54 Å². The molecule has 8 heteroatoms. The van der Waals surface area contributed by atoms with E-state index in [1.165, 1.54) is 6.20 Å². The lowest BCUT2D eigenvalue weighted by atomic mass is 10.3. The van der Waals surface area contributed by atoms with Gasteiger partial charge in [0.25, 0.3) is 0 Å². The fourth-order valence-corrected chi connectivity index (χ4v) is 3.36. The van der Waals surface area contributed by atoms with Crippen molar-refractivity contribution in [2.45, 2.75) is 23.9 Å². The van der Waals surface area contributed by atoms with Crippen molar-refractivity contribution in [1.82, 2.24) is 24.7 Å². The van der Waals surface area contributed by atoms with E-state index in [1.807, 2.05) is 14.1 Å². The highest BCUT2D eigenvalue weighted by Crippen LogP contribution is 2.12. The molecule has 0 aromatic carbocycles. The van der Waals surface area contributed by atoms with Crippen LogP contribution in [0.5, 0.6) is 0 Å². The Balaban J connectivity index is 2.00. The molecule has 2 heterocycles. The van der Waals surface area contributed by atoms with Crippen LogP contribution in [0.4, 0.5) is 0 Å². The lowest BCUT2D eigenvalue weighted by molar-refractivity contribution is 0.407. The number of likely N-dealkylation sites (tertiary alicyclic amines) is 1. The lowest BCUT2D eigenvalue weighted by Crippen LogP contribution is -2.36. The Hall–Kier alpha value is -0.960. The molecule has 1 aromatic heterocycles. The number of likely N-dealkylation sites (N-methyl/N-ethyl adjacent to an activating group) is 2. The molecule has 2 rings (SSSR count). The summed E-state index contributed by atoms with van der Waals surface area (Å²) in [6.45, 7) is 3.09. The molecule has 0 spiro atoms. The summed E-state index contributed by atoms with van der Waals surface area (Å²) in [6.07, 6.45) is 3.82. The maximum absolute atomic E-state index is 12.2.